The van der Waals surface area contributed by atoms with E-state index >= 15 is 0 Å². The van der Waals surface area contributed by atoms with Gasteiger partial charge in [0.2, 0.25) is 0 Å². The Morgan fingerprint density at radius 2 is 1.20 bits per heavy atom. The van der Waals surface area contributed by atoms with Crippen molar-refractivity contribution in [1.29, 1.82) is 0 Å². The van der Waals surface area contributed by atoms with Gasteiger partial charge in [-0.25, -0.2) is 4.68 Å². The fourth-order valence-electron chi connectivity index (χ4n) is 0.884. The minimum absolute atomic E-state index is 0.701. The normalized spacial score (nSPS) is 9.20. The summed E-state index contributed by atoms with van der Waals surface area (Å²) in [5, 5.41) is 24.9. The monoisotopic (exact) mass is 845 g/mol. The molecule has 3 aromatic heterocycles. The second-order valence-corrected chi connectivity index (χ2v) is 7.98. The van der Waals surface area contributed by atoms with Gasteiger partial charge in [0.15, 0.2) is 23.0 Å². The molecule has 0 saturated heterocycles. The van der Waals surface area contributed by atoms with E-state index in [4.69, 9.17) is 0 Å². The van der Waals surface area contributed by atoms with Gasteiger partial charge in [-0.15, -0.1) is 25.5 Å². The standard InChI is InChI=1S/2C3H3Br2N3.C2HBr2N3.CH3I/c1-8-3(5)2(4)6-7-8;1-8-6-2(4)3(5)7-8;3-1-2(4)6-7-5-1;1-2/h2*1H3;(H,5,6,7);1H3. The van der Waals surface area contributed by atoms with E-state index in [1.807, 2.05) is 12.0 Å². The lowest BCUT2D eigenvalue weighted by molar-refractivity contribution is 0.648. The Hall–Kier alpha value is 1.03. The van der Waals surface area contributed by atoms with Gasteiger partial charge in [0.05, 0.1) is 0 Å². The molecular weight excluding hydrogens is 840 g/mol. The maximum atomic E-state index is 3.89. The van der Waals surface area contributed by atoms with Gasteiger partial charge in [0.1, 0.15) is 4.60 Å². The van der Waals surface area contributed by atoms with Crippen molar-refractivity contribution in [2.45, 2.75) is 0 Å². The molecule has 0 saturated carbocycles. The largest absolute Gasteiger partial charge is 0.240 e. The van der Waals surface area contributed by atoms with Crippen molar-refractivity contribution in [3.05, 3.63) is 27.6 Å². The summed E-state index contributed by atoms with van der Waals surface area (Å²) in [7, 11) is 3.57. The summed E-state index contributed by atoms with van der Waals surface area (Å²) in [6.07, 6.45) is 0. The topological polar surface area (TPSA) is 103 Å². The van der Waals surface area contributed by atoms with E-state index in [1.54, 1.807) is 11.7 Å². The molecule has 0 bridgehead atoms. The summed E-state index contributed by atoms with van der Waals surface area (Å²) in [5.41, 5.74) is 0. The molecule has 140 valence electrons. The highest BCUT2D eigenvalue weighted by molar-refractivity contribution is 14.1. The van der Waals surface area contributed by atoms with Gasteiger partial charge in [-0.3, -0.25) is 0 Å². The summed E-state index contributed by atoms with van der Waals surface area (Å²) in [4.78, 5) is 3.45. The zero-order valence-corrected chi connectivity index (χ0v) is 24.4. The third kappa shape index (κ3) is 10.2. The highest BCUT2D eigenvalue weighted by Gasteiger charge is 2.00. The lowest BCUT2D eigenvalue weighted by Gasteiger charge is -1.84. The number of rotatable bonds is 0. The zero-order valence-electron chi connectivity index (χ0n) is 12.7. The molecule has 0 spiro atoms. The predicted molar refractivity (Wildman–Crippen MR) is 125 cm³/mol. The number of H-pyrrole nitrogens is 1. The summed E-state index contributed by atoms with van der Waals surface area (Å²) in [5.74, 6) is 0. The Bertz CT molecular complexity index is 701. The highest BCUT2D eigenvalue weighted by atomic mass is 127. The summed E-state index contributed by atoms with van der Waals surface area (Å²) < 4.78 is 6.10. The van der Waals surface area contributed by atoms with E-state index in [0.29, 0.717) is 9.21 Å². The van der Waals surface area contributed by atoms with Crippen LogP contribution in [-0.4, -0.2) is 50.3 Å². The zero-order chi connectivity index (χ0) is 19.6. The average molecular weight is 851 g/mol. The van der Waals surface area contributed by atoms with E-state index in [2.05, 4.69) is 154 Å². The van der Waals surface area contributed by atoms with Crippen LogP contribution in [0.1, 0.15) is 0 Å². The third-order valence-corrected chi connectivity index (χ3v) is 7.02. The molecule has 0 fully saturated rings. The van der Waals surface area contributed by atoms with Gasteiger partial charge in [-0.05, 0) is 101 Å². The molecule has 0 atom stereocenters. The van der Waals surface area contributed by atoms with Crippen LogP contribution in [0.2, 0.25) is 0 Å². The van der Waals surface area contributed by atoms with Crippen molar-refractivity contribution in [3.8, 4) is 0 Å². The number of aromatic amines is 1. The number of alkyl halides is 1. The van der Waals surface area contributed by atoms with Crippen molar-refractivity contribution in [2.24, 2.45) is 14.1 Å². The first-order chi connectivity index (χ1) is 11.7. The SMILES string of the molecule is Brc1n[nH]nc1Br.CI.Cn1nc(Br)c(Br)n1.Cn1nnc(Br)c1Br. The van der Waals surface area contributed by atoms with Gasteiger partial charge in [0, 0.05) is 14.1 Å². The molecule has 3 rings (SSSR count). The highest BCUT2D eigenvalue weighted by Crippen LogP contribution is 2.17. The number of nitrogens with one attached hydrogen (secondary N) is 1. The van der Waals surface area contributed by atoms with Crippen LogP contribution < -0.4 is 0 Å². The van der Waals surface area contributed by atoms with Crippen LogP contribution >= 0.6 is 118 Å². The molecule has 0 aliphatic rings. The number of hydrogen-bond acceptors (Lipinski definition) is 6. The van der Waals surface area contributed by atoms with Crippen molar-refractivity contribution in [3.63, 3.8) is 0 Å². The molecule has 1 N–H and O–H groups in total. The van der Waals surface area contributed by atoms with Crippen LogP contribution in [0.15, 0.2) is 27.6 Å². The minimum atomic E-state index is 0.701. The Kier molecular flexibility index (Phi) is 14.7. The van der Waals surface area contributed by atoms with Crippen LogP contribution in [0.3, 0.4) is 0 Å². The molecule has 0 radical (unpaired) electrons. The minimum Gasteiger partial charge on any atom is -0.240 e. The fourth-order valence-corrected chi connectivity index (χ4v) is 2.32. The molecule has 3 heterocycles. The second-order valence-electron chi connectivity index (χ2n) is 3.47. The average Bonchev–Trinajstić information content (AvgIpc) is 3.19. The van der Waals surface area contributed by atoms with Crippen LogP contribution in [0.4, 0.5) is 0 Å². The number of halogens is 7. The van der Waals surface area contributed by atoms with E-state index in [-0.39, 0.29) is 0 Å². The molecular formula is C9H10Br6IN9. The smallest absolute Gasteiger partial charge is 0.162 e. The molecule has 0 aliphatic carbocycles. The maximum Gasteiger partial charge on any atom is 0.162 e. The molecule has 0 amide bonds. The van der Waals surface area contributed by atoms with Gasteiger partial charge < -0.3 is 0 Å². The van der Waals surface area contributed by atoms with Gasteiger partial charge in [-0.1, -0.05) is 27.8 Å². The van der Waals surface area contributed by atoms with Crippen LogP contribution in [0.25, 0.3) is 0 Å². The third-order valence-electron chi connectivity index (χ3n) is 1.82. The molecule has 0 aromatic carbocycles. The van der Waals surface area contributed by atoms with E-state index in [9.17, 15) is 0 Å². The van der Waals surface area contributed by atoms with E-state index in [1.165, 1.54) is 4.80 Å². The quantitative estimate of drug-likeness (QED) is 0.251. The molecule has 16 heteroatoms. The first kappa shape index (κ1) is 26.0. The number of hydrogen-bond donors (Lipinski definition) is 1. The molecule has 0 aliphatic heterocycles. The summed E-state index contributed by atoms with van der Waals surface area (Å²) in [6, 6.07) is 0. The van der Waals surface area contributed by atoms with E-state index in [0.717, 1.165) is 18.4 Å². The second kappa shape index (κ2) is 14.1. The van der Waals surface area contributed by atoms with Crippen LogP contribution in [0, 0.1) is 0 Å². The molecule has 25 heavy (non-hydrogen) atoms. The molecule has 3 aromatic rings. The Labute approximate surface area is 207 Å². The van der Waals surface area contributed by atoms with Crippen molar-refractivity contribution >= 4 is 118 Å². The summed E-state index contributed by atoms with van der Waals surface area (Å²) in [6.45, 7) is 0. The Morgan fingerprint density at radius 1 is 0.760 bits per heavy atom. The lowest BCUT2D eigenvalue weighted by Crippen LogP contribution is -1.90. The fraction of sp³-hybridized carbons (Fsp3) is 0.333. The lowest BCUT2D eigenvalue weighted by atomic mass is 10.9. The van der Waals surface area contributed by atoms with E-state index < -0.39 is 0 Å². The predicted octanol–water partition coefficient (Wildman–Crippen LogP) is 5.06. The Morgan fingerprint density at radius 3 is 1.32 bits per heavy atom. The maximum absolute atomic E-state index is 3.89. The van der Waals surface area contributed by atoms with Crippen molar-refractivity contribution in [1.82, 2.24) is 45.4 Å². The van der Waals surface area contributed by atoms with Gasteiger partial charge >= 0.3 is 0 Å². The van der Waals surface area contributed by atoms with Crippen molar-refractivity contribution in [2.75, 3.05) is 4.93 Å². The van der Waals surface area contributed by atoms with Gasteiger partial charge in [-0.2, -0.15) is 10.0 Å². The number of aryl methyl sites for hydroxylation is 2. The number of nitrogens with zero attached hydrogens (tertiary/aromatic N) is 8. The first-order valence-corrected chi connectivity index (χ1v) is 12.7. The van der Waals surface area contributed by atoms with Crippen LogP contribution in [-0.2, 0) is 14.1 Å². The summed E-state index contributed by atoms with van der Waals surface area (Å²) >= 11 is 21.1. The first-order valence-electron chi connectivity index (χ1n) is 5.75. The number of aromatic nitrogens is 9. The van der Waals surface area contributed by atoms with Crippen molar-refractivity contribution < 1.29 is 0 Å². The molecule has 0 unspecified atom stereocenters. The van der Waals surface area contributed by atoms with Gasteiger partial charge in [0.25, 0.3) is 0 Å². The Balaban J connectivity index is 0.000000330. The van der Waals surface area contributed by atoms with Crippen LogP contribution in [0.5, 0.6) is 0 Å². The molecule has 9 nitrogen and oxygen atoms in total.